The first kappa shape index (κ1) is 12.0. The van der Waals surface area contributed by atoms with Gasteiger partial charge in [-0.1, -0.05) is 0 Å². The number of hydrogen-bond acceptors (Lipinski definition) is 5. The summed E-state index contributed by atoms with van der Waals surface area (Å²) in [5.41, 5.74) is 2.94. The molecule has 18 heavy (non-hydrogen) atoms. The highest BCUT2D eigenvalue weighted by atomic mass is 15.2. The number of rotatable bonds is 2. The zero-order chi connectivity index (χ0) is 13.1. The number of aromatic nitrogens is 3. The van der Waals surface area contributed by atoms with Gasteiger partial charge in [0.2, 0.25) is 0 Å². The standard InChI is InChI=1S/C13H13N5/c1-9-11(5-4-6-15-9)12-7-10(8-14)13(17-16-12)18(2)3/h4-7H,1-3H3. The summed E-state index contributed by atoms with van der Waals surface area (Å²) in [6.45, 7) is 1.91. The maximum atomic E-state index is 9.15. The van der Waals surface area contributed by atoms with E-state index in [1.165, 1.54) is 0 Å². The van der Waals surface area contributed by atoms with Gasteiger partial charge in [0.25, 0.3) is 0 Å². The van der Waals surface area contributed by atoms with E-state index in [2.05, 4.69) is 21.3 Å². The van der Waals surface area contributed by atoms with E-state index in [0.717, 1.165) is 11.3 Å². The Labute approximate surface area is 106 Å². The lowest BCUT2D eigenvalue weighted by molar-refractivity contribution is 0.960. The Morgan fingerprint density at radius 1 is 1.28 bits per heavy atom. The van der Waals surface area contributed by atoms with Crippen molar-refractivity contribution in [1.29, 1.82) is 5.26 Å². The molecule has 0 aromatic carbocycles. The Kier molecular flexibility index (Phi) is 3.20. The van der Waals surface area contributed by atoms with E-state index >= 15 is 0 Å². The summed E-state index contributed by atoms with van der Waals surface area (Å²) in [6, 6.07) is 7.65. The Hall–Kier alpha value is -2.48. The highest BCUT2D eigenvalue weighted by Gasteiger charge is 2.11. The van der Waals surface area contributed by atoms with E-state index in [9.17, 15) is 0 Å². The maximum Gasteiger partial charge on any atom is 0.168 e. The minimum atomic E-state index is 0.508. The van der Waals surface area contributed by atoms with E-state index in [0.29, 0.717) is 17.1 Å². The zero-order valence-electron chi connectivity index (χ0n) is 10.5. The van der Waals surface area contributed by atoms with E-state index in [1.807, 2.05) is 33.2 Å². The zero-order valence-corrected chi connectivity index (χ0v) is 10.5. The molecule has 0 aliphatic rings. The van der Waals surface area contributed by atoms with Crippen LogP contribution in [-0.4, -0.2) is 29.3 Å². The molecule has 0 fully saturated rings. The van der Waals surface area contributed by atoms with Crippen LogP contribution >= 0.6 is 0 Å². The summed E-state index contributed by atoms with van der Waals surface area (Å²) in [5, 5.41) is 17.4. The molecular weight excluding hydrogens is 226 g/mol. The largest absolute Gasteiger partial charge is 0.360 e. The minimum absolute atomic E-state index is 0.508. The third-order valence-electron chi connectivity index (χ3n) is 2.60. The summed E-state index contributed by atoms with van der Waals surface area (Å²) in [4.78, 5) is 5.98. The Balaban J connectivity index is 2.56. The molecular formula is C13H13N5. The van der Waals surface area contributed by atoms with Gasteiger partial charge in [-0.05, 0) is 25.1 Å². The second-order valence-corrected chi connectivity index (χ2v) is 4.11. The number of nitriles is 1. The van der Waals surface area contributed by atoms with Crippen LogP contribution < -0.4 is 4.90 Å². The molecule has 5 nitrogen and oxygen atoms in total. The smallest absolute Gasteiger partial charge is 0.168 e. The predicted octanol–water partition coefficient (Wildman–Crippen LogP) is 1.78. The Morgan fingerprint density at radius 3 is 2.67 bits per heavy atom. The van der Waals surface area contributed by atoms with Gasteiger partial charge in [0.15, 0.2) is 5.82 Å². The normalized spacial score (nSPS) is 9.89. The molecule has 0 saturated heterocycles. The van der Waals surface area contributed by atoms with Crippen LogP contribution in [0.2, 0.25) is 0 Å². The van der Waals surface area contributed by atoms with Gasteiger partial charge < -0.3 is 4.90 Å². The molecule has 90 valence electrons. The third kappa shape index (κ3) is 2.13. The van der Waals surface area contributed by atoms with Crippen molar-refractivity contribution in [1.82, 2.24) is 15.2 Å². The van der Waals surface area contributed by atoms with E-state index in [1.54, 1.807) is 17.2 Å². The van der Waals surface area contributed by atoms with Gasteiger partial charge in [-0.2, -0.15) is 5.26 Å². The quantitative estimate of drug-likeness (QED) is 0.799. The molecule has 0 N–H and O–H groups in total. The van der Waals surface area contributed by atoms with Crippen LogP contribution in [0.4, 0.5) is 5.82 Å². The van der Waals surface area contributed by atoms with E-state index in [4.69, 9.17) is 5.26 Å². The van der Waals surface area contributed by atoms with Gasteiger partial charge in [0, 0.05) is 31.5 Å². The fourth-order valence-electron chi connectivity index (χ4n) is 1.68. The Morgan fingerprint density at radius 2 is 2.06 bits per heavy atom. The molecule has 0 radical (unpaired) electrons. The first-order valence-electron chi connectivity index (χ1n) is 5.50. The van der Waals surface area contributed by atoms with Crippen LogP contribution in [0.3, 0.4) is 0 Å². The van der Waals surface area contributed by atoms with Crippen LogP contribution in [0, 0.1) is 18.3 Å². The van der Waals surface area contributed by atoms with Gasteiger partial charge in [-0.3, -0.25) is 4.98 Å². The fourth-order valence-corrected chi connectivity index (χ4v) is 1.68. The maximum absolute atomic E-state index is 9.15. The number of hydrogen-bond donors (Lipinski definition) is 0. The molecule has 0 spiro atoms. The van der Waals surface area contributed by atoms with E-state index < -0.39 is 0 Å². The van der Waals surface area contributed by atoms with Crippen LogP contribution in [0.25, 0.3) is 11.3 Å². The first-order chi connectivity index (χ1) is 8.63. The molecule has 2 aromatic heterocycles. The summed E-state index contributed by atoms with van der Waals surface area (Å²) < 4.78 is 0. The summed E-state index contributed by atoms with van der Waals surface area (Å²) in [6.07, 6.45) is 1.73. The monoisotopic (exact) mass is 239 g/mol. The molecule has 0 saturated carbocycles. The van der Waals surface area contributed by atoms with Crippen molar-refractivity contribution in [2.45, 2.75) is 6.92 Å². The molecule has 0 bridgehead atoms. The summed E-state index contributed by atoms with van der Waals surface area (Å²) in [5.74, 6) is 0.572. The third-order valence-corrected chi connectivity index (χ3v) is 2.60. The summed E-state index contributed by atoms with van der Waals surface area (Å²) >= 11 is 0. The molecule has 2 rings (SSSR count). The molecule has 2 aromatic rings. The topological polar surface area (TPSA) is 65.7 Å². The van der Waals surface area contributed by atoms with Crippen molar-refractivity contribution < 1.29 is 0 Å². The van der Waals surface area contributed by atoms with Crippen LogP contribution in [0.1, 0.15) is 11.3 Å². The molecule has 0 atom stereocenters. The average molecular weight is 239 g/mol. The van der Waals surface area contributed by atoms with Crippen molar-refractivity contribution in [3.8, 4) is 17.3 Å². The highest BCUT2D eigenvalue weighted by Crippen LogP contribution is 2.23. The van der Waals surface area contributed by atoms with Crippen molar-refractivity contribution in [3.63, 3.8) is 0 Å². The van der Waals surface area contributed by atoms with Gasteiger partial charge in [0.1, 0.15) is 6.07 Å². The highest BCUT2D eigenvalue weighted by molar-refractivity contribution is 5.65. The SMILES string of the molecule is Cc1ncccc1-c1cc(C#N)c(N(C)C)nn1. The fraction of sp³-hybridized carbons (Fsp3) is 0.231. The van der Waals surface area contributed by atoms with Crippen molar-refractivity contribution >= 4 is 5.82 Å². The number of nitrogens with zero attached hydrogens (tertiary/aromatic N) is 5. The van der Waals surface area contributed by atoms with Crippen molar-refractivity contribution in [3.05, 3.63) is 35.7 Å². The Bertz CT molecular complexity index is 613. The van der Waals surface area contributed by atoms with Crippen LogP contribution in [0.5, 0.6) is 0 Å². The first-order valence-corrected chi connectivity index (χ1v) is 5.50. The lowest BCUT2D eigenvalue weighted by atomic mass is 10.1. The van der Waals surface area contributed by atoms with E-state index in [-0.39, 0.29) is 0 Å². The second kappa shape index (κ2) is 4.80. The lowest BCUT2D eigenvalue weighted by Crippen LogP contribution is -2.13. The predicted molar refractivity (Wildman–Crippen MR) is 69.0 cm³/mol. The molecule has 0 unspecified atom stereocenters. The molecule has 0 amide bonds. The number of anilines is 1. The number of pyridine rings is 1. The second-order valence-electron chi connectivity index (χ2n) is 4.11. The van der Waals surface area contributed by atoms with Crippen molar-refractivity contribution in [2.75, 3.05) is 19.0 Å². The molecule has 0 aliphatic carbocycles. The minimum Gasteiger partial charge on any atom is -0.360 e. The molecule has 0 aliphatic heterocycles. The summed E-state index contributed by atoms with van der Waals surface area (Å²) in [7, 11) is 3.67. The number of aryl methyl sites for hydroxylation is 1. The van der Waals surface area contributed by atoms with Crippen LogP contribution in [0.15, 0.2) is 24.4 Å². The molecule has 5 heteroatoms. The van der Waals surface area contributed by atoms with Crippen LogP contribution in [-0.2, 0) is 0 Å². The van der Waals surface area contributed by atoms with Gasteiger partial charge in [-0.25, -0.2) is 0 Å². The lowest BCUT2D eigenvalue weighted by Gasteiger charge is -2.12. The average Bonchev–Trinajstić information content (AvgIpc) is 2.38. The molecule has 2 heterocycles. The van der Waals surface area contributed by atoms with Gasteiger partial charge >= 0.3 is 0 Å². The van der Waals surface area contributed by atoms with Gasteiger partial charge in [0.05, 0.1) is 11.3 Å². The van der Waals surface area contributed by atoms with Gasteiger partial charge in [-0.15, -0.1) is 10.2 Å². The van der Waals surface area contributed by atoms with Crippen molar-refractivity contribution in [2.24, 2.45) is 0 Å².